The summed E-state index contributed by atoms with van der Waals surface area (Å²) in [6.07, 6.45) is 0. The number of carbonyl (C=O) groups is 1. The molecule has 0 aromatic heterocycles. The molecular formula is C14H18ClNO5S. The molecule has 122 valence electrons. The molecule has 0 bridgehead atoms. The minimum atomic E-state index is -3.93. The number of halogens is 1. The maximum Gasteiger partial charge on any atom is 0.238 e. The van der Waals surface area contributed by atoms with E-state index in [-0.39, 0.29) is 16.0 Å². The normalized spacial score (nSPS) is 15.5. The van der Waals surface area contributed by atoms with E-state index in [0.29, 0.717) is 24.7 Å². The molecule has 0 saturated heterocycles. The third-order valence-electron chi connectivity index (χ3n) is 3.17. The quantitative estimate of drug-likeness (QED) is 0.898. The number of amides is 1. The maximum absolute atomic E-state index is 12.6. The number of nitrogens with one attached hydrogen (secondary N) is 1. The number of rotatable bonds is 4. The van der Waals surface area contributed by atoms with Gasteiger partial charge in [0.25, 0.3) is 0 Å². The number of benzene rings is 1. The standard InChI is InChI=1S/C14H18ClNO5S/c1-8(2)16-14(17)9(3)22(18,19)13-7-12-11(6-10(13)15)20-4-5-21-12/h6-9H,4-5H2,1-3H3,(H,16,17). The number of carbonyl (C=O) groups excluding carboxylic acids is 1. The molecule has 1 amide bonds. The third-order valence-corrected chi connectivity index (χ3v) is 5.69. The average Bonchev–Trinajstić information content (AvgIpc) is 2.44. The highest BCUT2D eigenvalue weighted by Crippen LogP contribution is 2.38. The van der Waals surface area contributed by atoms with E-state index in [0.717, 1.165) is 0 Å². The summed E-state index contributed by atoms with van der Waals surface area (Å²) in [5.41, 5.74) is 0. The van der Waals surface area contributed by atoms with Crippen LogP contribution in [0.4, 0.5) is 0 Å². The van der Waals surface area contributed by atoms with Crippen molar-refractivity contribution in [2.24, 2.45) is 0 Å². The van der Waals surface area contributed by atoms with E-state index in [1.165, 1.54) is 19.1 Å². The van der Waals surface area contributed by atoms with Crippen LogP contribution in [0.1, 0.15) is 20.8 Å². The number of hydrogen-bond acceptors (Lipinski definition) is 5. The first-order valence-corrected chi connectivity index (χ1v) is 8.79. The molecule has 2 rings (SSSR count). The van der Waals surface area contributed by atoms with Crippen LogP contribution in [0, 0.1) is 0 Å². The predicted molar refractivity (Wildman–Crippen MR) is 82.4 cm³/mol. The highest BCUT2D eigenvalue weighted by molar-refractivity contribution is 7.92. The van der Waals surface area contributed by atoms with Crippen molar-refractivity contribution in [3.63, 3.8) is 0 Å². The van der Waals surface area contributed by atoms with Crippen LogP contribution in [0.2, 0.25) is 5.02 Å². The SMILES string of the molecule is CC(C)NC(=O)C(C)S(=O)(=O)c1cc2c(cc1Cl)OCCO2. The minimum absolute atomic E-state index is 0.00782. The van der Waals surface area contributed by atoms with Crippen molar-refractivity contribution in [3.8, 4) is 11.5 Å². The summed E-state index contributed by atoms with van der Waals surface area (Å²) >= 11 is 6.05. The largest absolute Gasteiger partial charge is 0.486 e. The summed E-state index contributed by atoms with van der Waals surface area (Å²) in [5.74, 6) is 0.140. The van der Waals surface area contributed by atoms with E-state index in [9.17, 15) is 13.2 Å². The van der Waals surface area contributed by atoms with Crippen molar-refractivity contribution in [3.05, 3.63) is 17.2 Å². The molecule has 8 heteroatoms. The fourth-order valence-electron chi connectivity index (χ4n) is 2.00. The second-order valence-electron chi connectivity index (χ2n) is 5.28. The molecule has 6 nitrogen and oxygen atoms in total. The Morgan fingerprint density at radius 3 is 2.27 bits per heavy atom. The molecule has 1 aromatic rings. The zero-order valence-electron chi connectivity index (χ0n) is 12.6. The summed E-state index contributed by atoms with van der Waals surface area (Å²) in [6, 6.07) is 2.56. The van der Waals surface area contributed by atoms with E-state index in [2.05, 4.69) is 5.32 Å². The first-order chi connectivity index (χ1) is 10.2. The van der Waals surface area contributed by atoms with Crippen molar-refractivity contribution < 1.29 is 22.7 Å². The smallest absolute Gasteiger partial charge is 0.238 e. The van der Waals surface area contributed by atoms with Gasteiger partial charge in [-0.05, 0) is 20.8 Å². The summed E-state index contributed by atoms with van der Waals surface area (Å²) in [4.78, 5) is 11.8. The van der Waals surface area contributed by atoms with Crippen LogP contribution in [0.15, 0.2) is 17.0 Å². The number of hydrogen-bond donors (Lipinski definition) is 1. The van der Waals surface area contributed by atoms with Crippen molar-refractivity contribution in [1.29, 1.82) is 0 Å². The Labute approximate surface area is 134 Å². The van der Waals surface area contributed by atoms with Gasteiger partial charge in [-0.3, -0.25) is 4.79 Å². The molecule has 1 unspecified atom stereocenters. The molecule has 1 heterocycles. The van der Waals surface area contributed by atoms with Crippen molar-refractivity contribution >= 4 is 27.3 Å². The first-order valence-electron chi connectivity index (χ1n) is 6.87. The Balaban J connectivity index is 2.39. The van der Waals surface area contributed by atoms with Gasteiger partial charge >= 0.3 is 0 Å². The van der Waals surface area contributed by atoms with Gasteiger partial charge in [-0.1, -0.05) is 11.6 Å². The maximum atomic E-state index is 12.6. The van der Waals surface area contributed by atoms with E-state index in [4.69, 9.17) is 21.1 Å². The molecule has 1 aliphatic heterocycles. The fourth-order valence-corrected chi connectivity index (χ4v) is 3.81. The summed E-state index contributed by atoms with van der Waals surface area (Å²) in [7, 11) is -3.93. The van der Waals surface area contributed by atoms with Gasteiger partial charge in [0, 0.05) is 18.2 Å². The Hall–Kier alpha value is -1.47. The molecule has 0 aliphatic carbocycles. The third kappa shape index (κ3) is 3.30. The summed E-state index contributed by atoms with van der Waals surface area (Å²) < 4.78 is 36.0. The van der Waals surface area contributed by atoms with Crippen LogP contribution < -0.4 is 14.8 Å². The highest BCUT2D eigenvalue weighted by atomic mass is 35.5. The molecule has 0 saturated carbocycles. The van der Waals surface area contributed by atoms with Gasteiger partial charge in [0.05, 0.1) is 9.92 Å². The van der Waals surface area contributed by atoms with Crippen LogP contribution >= 0.6 is 11.6 Å². The van der Waals surface area contributed by atoms with E-state index < -0.39 is 21.0 Å². The molecule has 22 heavy (non-hydrogen) atoms. The van der Waals surface area contributed by atoms with E-state index in [1.54, 1.807) is 13.8 Å². The fraction of sp³-hybridized carbons (Fsp3) is 0.500. The van der Waals surface area contributed by atoms with Crippen LogP contribution in [-0.4, -0.2) is 38.8 Å². The summed E-state index contributed by atoms with van der Waals surface area (Å²) in [5, 5.41) is 1.34. The van der Waals surface area contributed by atoms with Gasteiger partial charge in [-0.15, -0.1) is 0 Å². The molecule has 0 fully saturated rings. The van der Waals surface area contributed by atoms with Gasteiger partial charge in [-0.2, -0.15) is 0 Å². The van der Waals surface area contributed by atoms with E-state index >= 15 is 0 Å². The minimum Gasteiger partial charge on any atom is -0.486 e. The van der Waals surface area contributed by atoms with Crippen LogP contribution in [0.25, 0.3) is 0 Å². The molecule has 1 aliphatic rings. The van der Waals surface area contributed by atoms with Gasteiger partial charge in [0.2, 0.25) is 5.91 Å². The molecule has 1 N–H and O–H groups in total. The molecular weight excluding hydrogens is 330 g/mol. The number of ether oxygens (including phenoxy) is 2. The van der Waals surface area contributed by atoms with Crippen LogP contribution in [0.3, 0.4) is 0 Å². The second-order valence-corrected chi connectivity index (χ2v) is 7.92. The molecule has 0 radical (unpaired) electrons. The Bertz CT molecular complexity index is 687. The Morgan fingerprint density at radius 1 is 1.18 bits per heavy atom. The monoisotopic (exact) mass is 347 g/mol. The molecule has 1 atom stereocenters. The second kappa shape index (κ2) is 6.34. The number of sulfone groups is 1. The summed E-state index contributed by atoms with van der Waals surface area (Å²) in [6.45, 7) is 5.56. The Kier molecular flexibility index (Phi) is 4.87. The zero-order valence-corrected chi connectivity index (χ0v) is 14.1. The van der Waals surface area contributed by atoms with Crippen molar-refractivity contribution in [1.82, 2.24) is 5.32 Å². The zero-order chi connectivity index (χ0) is 16.5. The van der Waals surface area contributed by atoms with Crippen LogP contribution in [-0.2, 0) is 14.6 Å². The molecule has 0 spiro atoms. The number of fused-ring (bicyclic) bond motifs is 1. The molecule has 1 aromatic carbocycles. The lowest BCUT2D eigenvalue weighted by atomic mass is 10.3. The lowest BCUT2D eigenvalue weighted by molar-refractivity contribution is -0.120. The predicted octanol–water partition coefficient (Wildman–Crippen LogP) is 1.80. The Morgan fingerprint density at radius 2 is 1.73 bits per heavy atom. The van der Waals surface area contributed by atoms with Crippen molar-refractivity contribution in [2.45, 2.75) is 37.0 Å². The highest BCUT2D eigenvalue weighted by Gasteiger charge is 2.33. The van der Waals surface area contributed by atoms with Gasteiger partial charge < -0.3 is 14.8 Å². The lowest BCUT2D eigenvalue weighted by Gasteiger charge is -2.21. The van der Waals surface area contributed by atoms with Gasteiger partial charge in [0.1, 0.15) is 18.5 Å². The topological polar surface area (TPSA) is 81.7 Å². The first kappa shape index (κ1) is 16.9. The van der Waals surface area contributed by atoms with Crippen LogP contribution in [0.5, 0.6) is 11.5 Å². The average molecular weight is 348 g/mol. The van der Waals surface area contributed by atoms with Gasteiger partial charge in [-0.25, -0.2) is 8.42 Å². The van der Waals surface area contributed by atoms with Crippen molar-refractivity contribution in [2.75, 3.05) is 13.2 Å². The van der Waals surface area contributed by atoms with Gasteiger partial charge in [0.15, 0.2) is 21.3 Å². The van der Waals surface area contributed by atoms with E-state index in [1.807, 2.05) is 0 Å². The lowest BCUT2D eigenvalue weighted by Crippen LogP contribution is -2.41.